The van der Waals surface area contributed by atoms with Gasteiger partial charge in [0.05, 0.1) is 0 Å². The molecule has 0 spiro atoms. The van der Waals surface area contributed by atoms with Crippen LogP contribution >= 0.6 is 0 Å². The van der Waals surface area contributed by atoms with E-state index in [0.717, 1.165) is 37.6 Å². The highest BCUT2D eigenvalue weighted by molar-refractivity contribution is 5.94. The first-order valence-corrected chi connectivity index (χ1v) is 7.36. The number of rotatable bonds is 3. The molecular weight excluding hydrogens is 266 g/mol. The Morgan fingerprint density at radius 3 is 2.57 bits per heavy atom. The number of carboxylic acids is 1. The van der Waals surface area contributed by atoms with Crippen LogP contribution in [-0.2, 0) is 4.79 Å². The van der Waals surface area contributed by atoms with Crippen LogP contribution in [0.4, 0.5) is 0 Å². The fourth-order valence-corrected chi connectivity index (χ4v) is 2.55. The maximum Gasteiger partial charge on any atom is 0.328 e. The highest BCUT2D eigenvalue weighted by Gasteiger charge is 2.19. The van der Waals surface area contributed by atoms with Crippen molar-refractivity contribution in [2.45, 2.75) is 26.2 Å². The minimum Gasteiger partial charge on any atom is -0.478 e. The molecule has 0 saturated carbocycles. The molecule has 0 bridgehead atoms. The Hall–Kier alpha value is -2.10. The van der Waals surface area contributed by atoms with Crippen molar-refractivity contribution in [2.24, 2.45) is 5.92 Å². The largest absolute Gasteiger partial charge is 0.478 e. The lowest BCUT2D eigenvalue weighted by Gasteiger charge is -2.20. The maximum atomic E-state index is 12.5. The van der Waals surface area contributed by atoms with Crippen molar-refractivity contribution < 1.29 is 14.7 Å². The first kappa shape index (κ1) is 15.3. The summed E-state index contributed by atoms with van der Waals surface area (Å²) in [6, 6.07) is 7.07. The number of aliphatic carboxylic acids is 1. The van der Waals surface area contributed by atoms with Gasteiger partial charge in [-0.25, -0.2) is 4.79 Å². The van der Waals surface area contributed by atoms with Gasteiger partial charge in [-0.2, -0.15) is 0 Å². The molecule has 1 heterocycles. The zero-order valence-electron chi connectivity index (χ0n) is 12.3. The second-order valence-corrected chi connectivity index (χ2v) is 5.62. The Kier molecular flexibility index (Phi) is 5.14. The van der Waals surface area contributed by atoms with Gasteiger partial charge in [-0.05, 0) is 49.0 Å². The summed E-state index contributed by atoms with van der Waals surface area (Å²) >= 11 is 0. The van der Waals surface area contributed by atoms with Crippen LogP contribution in [0.1, 0.15) is 42.1 Å². The van der Waals surface area contributed by atoms with Crippen molar-refractivity contribution in [3.63, 3.8) is 0 Å². The summed E-state index contributed by atoms with van der Waals surface area (Å²) in [6.07, 6.45) is 5.91. The van der Waals surface area contributed by atoms with Gasteiger partial charge in [0.15, 0.2) is 0 Å². The highest BCUT2D eigenvalue weighted by atomic mass is 16.4. The third-order valence-corrected chi connectivity index (χ3v) is 3.88. The third kappa shape index (κ3) is 4.45. The summed E-state index contributed by atoms with van der Waals surface area (Å²) in [5.41, 5.74) is 1.44. The first-order valence-electron chi connectivity index (χ1n) is 7.36. The Labute approximate surface area is 125 Å². The van der Waals surface area contributed by atoms with Gasteiger partial charge in [-0.3, -0.25) is 4.79 Å². The minimum absolute atomic E-state index is 0.0675. The molecule has 1 aliphatic heterocycles. The van der Waals surface area contributed by atoms with Gasteiger partial charge >= 0.3 is 5.97 Å². The predicted molar refractivity (Wildman–Crippen MR) is 82.0 cm³/mol. The van der Waals surface area contributed by atoms with E-state index in [0.29, 0.717) is 11.5 Å². The molecular formula is C17H21NO3. The van der Waals surface area contributed by atoms with E-state index in [9.17, 15) is 9.59 Å². The van der Waals surface area contributed by atoms with Crippen molar-refractivity contribution in [1.82, 2.24) is 4.90 Å². The topological polar surface area (TPSA) is 57.6 Å². The maximum absolute atomic E-state index is 12.5. The molecule has 4 heteroatoms. The molecule has 1 atom stereocenters. The Bertz CT molecular complexity index is 533. The van der Waals surface area contributed by atoms with E-state index in [1.807, 2.05) is 4.90 Å². The molecule has 0 radical (unpaired) electrons. The Balaban J connectivity index is 2.04. The standard InChI is InChI=1S/C17H21NO3/c1-13-3-2-11-18(12-10-13)17(21)15-7-4-14(5-8-15)6-9-16(19)20/h4-9,13H,2-3,10-12H2,1H3,(H,19,20). The van der Waals surface area contributed by atoms with E-state index in [-0.39, 0.29) is 5.91 Å². The number of carboxylic acid groups (broad SMARTS) is 1. The summed E-state index contributed by atoms with van der Waals surface area (Å²) in [5.74, 6) is -0.224. The lowest BCUT2D eigenvalue weighted by atomic mass is 10.0. The van der Waals surface area contributed by atoms with Crippen molar-refractivity contribution >= 4 is 18.0 Å². The van der Waals surface area contributed by atoms with Crippen molar-refractivity contribution in [3.05, 3.63) is 41.5 Å². The molecule has 4 nitrogen and oxygen atoms in total. The molecule has 1 fully saturated rings. The van der Waals surface area contributed by atoms with Crippen molar-refractivity contribution in [1.29, 1.82) is 0 Å². The zero-order valence-corrected chi connectivity index (χ0v) is 12.3. The molecule has 1 unspecified atom stereocenters. The van der Waals surface area contributed by atoms with Crippen LogP contribution in [0.5, 0.6) is 0 Å². The summed E-state index contributed by atoms with van der Waals surface area (Å²) in [6.45, 7) is 3.88. The van der Waals surface area contributed by atoms with E-state index in [2.05, 4.69) is 6.92 Å². The quantitative estimate of drug-likeness (QED) is 0.869. The first-order chi connectivity index (χ1) is 10.1. The highest BCUT2D eigenvalue weighted by Crippen LogP contribution is 2.18. The molecule has 1 aliphatic rings. The summed E-state index contributed by atoms with van der Waals surface area (Å²) < 4.78 is 0. The van der Waals surface area contributed by atoms with Crippen LogP contribution in [0, 0.1) is 5.92 Å². The van der Waals surface area contributed by atoms with Gasteiger partial charge in [0.2, 0.25) is 0 Å². The second kappa shape index (κ2) is 7.07. The van der Waals surface area contributed by atoms with Gasteiger partial charge in [0.25, 0.3) is 5.91 Å². The fourth-order valence-electron chi connectivity index (χ4n) is 2.55. The summed E-state index contributed by atoms with van der Waals surface area (Å²) in [4.78, 5) is 24.8. The lowest BCUT2D eigenvalue weighted by molar-refractivity contribution is -0.131. The number of carbonyl (C=O) groups is 2. The average Bonchev–Trinajstić information content (AvgIpc) is 2.69. The monoisotopic (exact) mass is 287 g/mol. The molecule has 2 rings (SSSR count). The number of likely N-dealkylation sites (tertiary alicyclic amines) is 1. The third-order valence-electron chi connectivity index (χ3n) is 3.88. The number of benzene rings is 1. The lowest BCUT2D eigenvalue weighted by Crippen LogP contribution is -2.31. The van der Waals surface area contributed by atoms with Gasteiger partial charge < -0.3 is 10.0 Å². The van der Waals surface area contributed by atoms with E-state index in [1.54, 1.807) is 24.3 Å². The van der Waals surface area contributed by atoms with E-state index >= 15 is 0 Å². The average molecular weight is 287 g/mol. The Morgan fingerprint density at radius 1 is 1.19 bits per heavy atom. The van der Waals surface area contributed by atoms with Crippen LogP contribution in [-0.4, -0.2) is 35.0 Å². The molecule has 112 valence electrons. The van der Waals surface area contributed by atoms with E-state index in [4.69, 9.17) is 5.11 Å². The van der Waals surface area contributed by atoms with E-state index < -0.39 is 5.97 Å². The van der Waals surface area contributed by atoms with Crippen molar-refractivity contribution in [3.8, 4) is 0 Å². The fraction of sp³-hybridized carbons (Fsp3) is 0.412. The smallest absolute Gasteiger partial charge is 0.328 e. The number of hydrogen-bond acceptors (Lipinski definition) is 2. The normalized spacial score (nSPS) is 19.5. The molecule has 1 aromatic carbocycles. The van der Waals surface area contributed by atoms with Crippen LogP contribution in [0.25, 0.3) is 6.08 Å². The van der Waals surface area contributed by atoms with Crippen LogP contribution < -0.4 is 0 Å². The number of nitrogens with zero attached hydrogens (tertiary/aromatic N) is 1. The minimum atomic E-state index is -0.978. The number of amides is 1. The van der Waals surface area contributed by atoms with Gasteiger partial charge in [0.1, 0.15) is 0 Å². The van der Waals surface area contributed by atoms with Gasteiger partial charge in [0, 0.05) is 24.7 Å². The SMILES string of the molecule is CC1CCCN(C(=O)c2ccc(C=CC(=O)O)cc2)CC1. The van der Waals surface area contributed by atoms with Crippen LogP contribution in [0.3, 0.4) is 0 Å². The molecule has 1 N–H and O–H groups in total. The van der Waals surface area contributed by atoms with Gasteiger partial charge in [-0.1, -0.05) is 19.1 Å². The number of hydrogen-bond donors (Lipinski definition) is 1. The van der Waals surface area contributed by atoms with Crippen LogP contribution in [0.15, 0.2) is 30.3 Å². The molecule has 1 saturated heterocycles. The molecule has 0 aliphatic carbocycles. The number of carbonyl (C=O) groups excluding carboxylic acids is 1. The summed E-state index contributed by atoms with van der Waals surface area (Å²) in [7, 11) is 0. The Morgan fingerprint density at radius 2 is 1.90 bits per heavy atom. The molecule has 21 heavy (non-hydrogen) atoms. The van der Waals surface area contributed by atoms with E-state index in [1.165, 1.54) is 12.5 Å². The predicted octanol–water partition coefficient (Wildman–Crippen LogP) is 3.05. The summed E-state index contributed by atoms with van der Waals surface area (Å²) in [5, 5.41) is 8.59. The van der Waals surface area contributed by atoms with Crippen molar-refractivity contribution in [2.75, 3.05) is 13.1 Å². The van der Waals surface area contributed by atoms with Gasteiger partial charge in [-0.15, -0.1) is 0 Å². The molecule has 1 aromatic rings. The molecule has 0 aromatic heterocycles. The van der Waals surface area contributed by atoms with Crippen LogP contribution in [0.2, 0.25) is 0 Å². The second-order valence-electron chi connectivity index (χ2n) is 5.62. The molecule has 1 amide bonds. The zero-order chi connectivity index (χ0) is 15.2.